The standard InChI is InChI=1S/C9H14O2S/c10-7-2-1-5-9(12)6(7)3-4-8(9)11/h6-7,10,12H,1-5H2/t6?,7?,9-/m1/s1. The average molecular weight is 186 g/mol. The van der Waals surface area contributed by atoms with Gasteiger partial charge in [0.2, 0.25) is 0 Å². The number of rotatable bonds is 0. The van der Waals surface area contributed by atoms with Gasteiger partial charge in [0, 0.05) is 12.3 Å². The van der Waals surface area contributed by atoms with Crippen LogP contribution in [0.25, 0.3) is 0 Å². The van der Waals surface area contributed by atoms with Crippen LogP contribution in [0.1, 0.15) is 32.1 Å². The summed E-state index contributed by atoms with van der Waals surface area (Å²) in [5.74, 6) is 0.372. The Kier molecular flexibility index (Phi) is 1.96. The minimum absolute atomic E-state index is 0.127. The van der Waals surface area contributed by atoms with E-state index in [2.05, 4.69) is 12.6 Å². The molecule has 2 aliphatic carbocycles. The van der Waals surface area contributed by atoms with E-state index < -0.39 is 4.75 Å². The van der Waals surface area contributed by atoms with E-state index >= 15 is 0 Å². The minimum atomic E-state index is -0.475. The third-order valence-electron chi connectivity index (χ3n) is 3.30. The van der Waals surface area contributed by atoms with Crippen LogP contribution in [-0.4, -0.2) is 21.7 Å². The number of hydrogen-bond donors (Lipinski definition) is 2. The highest BCUT2D eigenvalue weighted by molar-refractivity contribution is 7.82. The molecular formula is C9H14O2S. The van der Waals surface area contributed by atoms with E-state index in [9.17, 15) is 9.90 Å². The number of thiol groups is 1. The average Bonchev–Trinajstić information content (AvgIpc) is 2.30. The Morgan fingerprint density at radius 1 is 1.50 bits per heavy atom. The molecule has 0 amide bonds. The van der Waals surface area contributed by atoms with Gasteiger partial charge in [0.05, 0.1) is 10.9 Å². The van der Waals surface area contributed by atoms with Gasteiger partial charge in [-0.1, -0.05) is 0 Å². The summed E-state index contributed by atoms with van der Waals surface area (Å²) in [7, 11) is 0. The van der Waals surface area contributed by atoms with Crippen LogP contribution in [0, 0.1) is 5.92 Å². The van der Waals surface area contributed by atoms with Crippen molar-refractivity contribution in [1.29, 1.82) is 0 Å². The molecule has 2 aliphatic rings. The summed E-state index contributed by atoms with van der Waals surface area (Å²) in [5, 5.41) is 9.66. The Morgan fingerprint density at radius 2 is 2.25 bits per heavy atom. The van der Waals surface area contributed by atoms with E-state index in [0.29, 0.717) is 6.42 Å². The Hall–Kier alpha value is -0.0200. The second-order valence-electron chi connectivity index (χ2n) is 3.95. The maximum absolute atomic E-state index is 11.5. The third-order valence-corrected chi connectivity index (χ3v) is 4.11. The Morgan fingerprint density at radius 3 is 2.92 bits per heavy atom. The molecule has 0 aliphatic heterocycles. The van der Waals surface area contributed by atoms with Crippen molar-refractivity contribution in [3.63, 3.8) is 0 Å². The summed E-state index contributed by atoms with van der Waals surface area (Å²) in [5.41, 5.74) is 0. The zero-order valence-corrected chi connectivity index (χ0v) is 7.89. The number of ketones is 1. The molecule has 2 saturated carbocycles. The molecule has 0 bridgehead atoms. The Balaban J connectivity index is 2.26. The van der Waals surface area contributed by atoms with Crippen LogP contribution in [0.5, 0.6) is 0 Å². The maximum atomic E-state index is 11.5. The van der Waals surface area contributed by atoms with Crippen LogP contribution in [0.2, 0.25) is 0 Å². The van der Waals surface area contributed by atoms with Crippen LogP contribution in [0.4, 0.5) is 0 Å². The molecular weight excluding hydrogens is 172 g/mol. The number of carbonyl (C=O) groups is 1. The second-order valence-corrected chi connectivity index (χ2v) is 4.75. The van der Waals surface area contributed by atoms with Gasteiger partial charge >= 0.3 is 0 Å². The number of aliphatic hydroxyl groups excluding tert-OH is 1. The van der Waals surface area contributed by atoms with Crippen LogP contribution in [0.15, 0.2) is 0 Å². The Labute approximate surface area is 77.8 Å². The number of Topliss-reactive ketones (excluding diaryl/α,β-unsaturated/α-hetero) is 1. The Bertz CT molecular complexity index is 217. The van der Waals surface area contributed by atoms with Crippen LogP contribution in [0.3, 0.4) is 0 Å². The van der Waals surface area contributed by atoms with Gasteiger partial charge < -0.3 is 5.11 Å². The third kappa shape index (κ3) is 1.03. The van der Waals surface area contributed by atoms with E-state index in [1.807, 2.05) is 0 Å². The fourth-order valence-electron chi connectivity index (χ4n) is 2.57. The highest BCUT2D eigenvalue weighted by atomic mass is 32.1. The van der Waals surface area contributed by atoms with Gasteiger partial charge in [0.15, 0.2) is 0 Å². The first-order valence-corrected chi connectivity index (χ1v) is 5.03. The molecule has 0 aromatic heterocycles. The molecule has 0 aromatic carbocycles. The normalized spacial score (nSPS) is 47.7. The molecule has 2 rings (SSSR count). The minimum Gasteiger partial charge on any atom is -0.393 e. The van der Waals surface area contributed by atoms with Crippen molar-refractivity contribution in [2.75, 3.05) is 0 Å². The van der Waals surface area contributed by atoms with Crippen molar-refractivity contribution in [3.05, 3.63) is 0 Å². The van der Waals surface area contributed by atoms with Crippen molar-refractivity contribution in [2.24, 2.45) is 5.92 Å². The van der Waals surface area contributed by atoms with E-state index in [-0.39, 0.29) is 17.8 Å². The highest BCUT2D eigenvalue weighted by Crippen LogP contribution is 2.47. The predicted octanol–water partition coefficient (Wildman–Crippen LogP) is 1.18. The van der Waals surface area contributed by atoms with Crippen molar-refractivity contribution in [3.8, 4) is 0 Å². The molecule has 68 valence electrons. The molecule has 0 spiro atoms. The zero-order valence-electron chi connectivity index (χ0n) is 6.99. The molecule has 0 aromatic rings. The van der Waals surface area contributed by atoms with Crippen LogP contribution in [-0.2, 0) is 4.79 Å². The molecule has 2 nitrogen and oxygen atoms in total. The molecule has 2 fully saturated rings. The van der Waals surface area contributed by atoms with Gasteiger partial charge in [-0.25, -0.2) is 0 Å². The number of carbonyl (C=O) groups excluding carboxylic acids is 1. The summed E-state index contributed by atoms with van der Waals surface area (Å²) >= 11 is 4.45. The number of hydrogen-bond acceptors (Lipinski definition) is 3. The van der Waals surface area contributed by atoms with Crippen molar-refractivity contribution in [1.82, 2.24) is 0 Å². The lowest BCUT2D eigenvalue weighted by molar-refractivity contribution is -0.121. The van der Waals surface area contributed by atoms with Gasteiger partial charge in [-0.2, -0.15) is 12.6 Å². The number of aliphatic hydroxyl groups is 1. The lowest BCUT2D eigenvalue weighted by Crippen LogP contribution is -2.43. The highest BCUT2D eigenvalue weighted by Gasteiger charge is 2.51. The largest absolute Gasteiger partial charge is 0.393 e. The summed E-state index contributed by atoms with van der Waals surface area (Å²) in [6, 6.07) is 0. The van der Waals surface area contributed by atoms with Gasteiger partial charge in [-0.15, -0.1) is 0 Å². The molecule has 0 saturated heterocycles. The summed E-state index contributed by atoms with van der Waals surface area (Å²) in [6.07, 6.45) is 3.81. The second kappa shape index (κ2) is 2.74. The zero-order chi connectivity index (χ0) is 8.77. The van der Waals surface area contributed by atoms with E-state index in [4.69, 9.17) is 0 Å². The first-order valence-electron chi connectivity index (χ1n) is 4.58. The molecule has 0 heterocycles. The van der Waals surface area contributed by atoms with E-state index in [1.54, 1.807) is 0 Å². The van der Waals surface area contributed by atoms with E-state index in [0.717, 1.165) is 25.7 Å². The van der Waals surface area contributed by atoms with E-state index in [1.165, 1.54) is 0 Å². The maximum Gasteiger partial charge on any atom is 0.149 e. The molecule has 0 radical (unpaired) electrons. The van der Waals surface area contributed by atoms with Crippen LogP contribution >= 0.6 is 12.6 Å². The van der Waals surface area contributed by atoms with Gasteiger partial charge in [-0.05, 0) is 25.7 Å². The molecule has 3 atom stereocenters. The molecule has 2 unspecified atom stereocenters. The quantitative estimate of drug-likeness (QED) is 0.557. The topological polar surface area (TPSA) is 37.3 Å². The summed E-state index contributed by atoms with van der Waals surface area (Å²) in [6.45, 7) is 0. The molecule has 3 heteroatoms. The number of fused-ring (bicyclic) bond motifs is 1. The van der Waals surface area contributed by atoms with Crippen molar-refractivity contribution in [2.45, 2.75) is 43.0 Å². The van der Waals surface area contributed by atoms with Gasteiger partial charge in [0.1, 0.15) is 5.78 Å². The fourth-order valence-corrected chi connectivity index (χ4v) is 3.14. The van der Waals surface area contributed by atoms with Crippen LogP contribution < -0.4 is 0 Å². The molecule has 1 N–H and O–H groups in total. The lowest BCUT2D eigenvalue weighted by atomic mass is 9.78. The van der Waals surface area contributed by atoms with Gasteiger partial charge in [0.25, 0.3) is 0 Å². The smallest absolute Gasteiger partial charge is 0.149 e. The SMILES string of the molecule is O=C1CCC2C(O)CCC[C@]12S. The molecule has 12 heavy (non-hydrogen) atoms. The predicted molar refractivity (Wildman–Crippen MR) is 49.3 cm³/mol. The summed E-state index contributed by atoms with van der Waals surface area (Å²) in [4.78, 5) is 11.5. The van der Waals surface area contributed by atoms with Gasteiger partial charge in [-0.3, -0.25) is 4.79 Å². The van der Waals surface area contributed by atoms with Crippen molar-refractivity contribution >= 4 is 18.4 Å². The fraction of sp³-hybridized carbons (Fsp3) is 0.889. The van der Waals surface area contributed by atoms with Crippen molar-refractivity contribution < 1.29 is 9.90 Å². The lowest BCUT2D eigenvalue weighted by Gasteiger charge is -2.37. The first-order chi connectivity index (χ1) is 5.64. The monoisotopic (exact) mass is 186 g/mol. The first kappa shape index (κ1) is 8.57. The summed E-state index contributed by atoms with van der Waals surface area (Å²) < 4.78 is -0.475.